The Morgan fingerprint density at radius 1 is 1.22 bits per heavy atom. The van der Waals surface area contributed by atoms with Gasteiger partial charge in [-0.05, 0) is 30.7 Å². The van der Waals surface area contributed by atoms with Gasteiger partial charge in [-0.2, -0.15) is 0 Å². The molecule has 0 bridgehead atoms. The van der Waals surface area contributed by atoms with Gasteiger partial charge in [-0.1, -0.05) is 42.0 Å². The minimum atomic E-state index is -0.179. The Labute approximate surface area is 135 Å². The summed E-state index contributed by atoms with van der Waals surface area (Å²) in [6, 6.07) is 15.5. The van der Waals surface area contributed by atoms with Gasteiger partial charge in [0.25, 0.3) is 0 Å². The first kappa shape index (κ1) is 15.2. The highest BCUT2D eigenvalue weighted by Crippen LogP contribution is 2.30. The van der Waals surface area contributed by atoms with Crippen molar-refractivity contribution in [1.29, 1.82) is 0 Å². The third kappa shape index (κ3) is 4.13. The minimum Gasteiger partial charge on any atom is -0.486 e. The Morgan fingerprint density at radius 2 is 2.04 bits per heavy atom. The predicted octanol–water partition coefficient (Wildman–Crippen LogP) is 2.96. The zero-order chi connectivity index (χ0) is 16.1. The van der Waals surface area contributed by atoms with Gasteiger partial charge in [-0.25, -0.2) is 0 Å². The molecule has 2 aromatic rings. The molecule has 23 heavy (non-hydrogen) atoms. The molecule has 0 saturated heterocycles. The summed E-state index contributed by atoms with van der Waals surface area (Å²) in [7, 11) is 0. The van der Waals surface area contributed by atoms with Crippen molar-refractivity contribution >= 4 is 12.0 Å². The van der Waals surface area contributed by atoms with E-state index in [1.165, 1.54) is 11.6 Å². The molecule has 118 valence electrons. The molecule has 0 saturated carbocycles. The maximum atomic E-state index is 11.9. The van der Waals surface area contributed by atoms with Crippen molar-refractivity contribution in [1.82, 2.24) is 5.32 Å². The molecule has 0 aliphatic carbocycles. The number of carbonyl (C=O) groups excluding carboxylic acids is 1. The van der Waals surface area contributed by atoms with Crippen LogP contribution in [0, 0.1) is 6.92 Å². The summed E-state index contributed by atoms with van der Waals surface area (Å²) in [6.45, 7) is 2.86. The Hall–Kier alpha value is -2.75. The number of benzene rings is 2. The number of hydrogen-bond donors (Lipinski definition) is 1. The van der Waals surface area contributed by atoms with E-state index < -0.39 is 0 Å². The van der Waals surface area contributed by atoms with Gasteiger partial charge in [-0.3, -0.25) is 4.79 Å². The molecule has 1 aliphatic rings. The number of nitrogens with one attached hydrogen (secondary N) is 1. The first-order valence-corrected chi connectivity index (χ1v) is 7.62. The van der Waals surface area contributed by atoms with Crippen LogP contribution >= 0.6 is 0 Å². The van der Waals surface area contributed by atoms with Crippen LogP contribution in [0.2, 0.25) is 0 Å². The van der Waals surface area contributed by atoms with E-state index in [-0.39, 0.29) is 12.0 Å². The summed E-state index contributed by atoms with van der Waals surface area (Å²) in [5.41, 5.74) is 2.17. The second-order valence-electron chi connectivity index (χ2n) is 5.49. The molecule has 4 heteroatoms. The normalized spacial score (nSPS) is 16.3. The summed E-state index contributed by atoms with van der Waals surface area (Å²) >= 11 is 0. The lowest BCUT2D eigenvalue weighted by atomic mass is 10.1. The molecule has 0 radical (unpaired) electrons. The average Bonchev–Trinajstić information content (AvgIpc) is 2.58. The van der Waals surface area contributed by atoms with Gasteiger partial charge >= 0.3 is 0 Å². The molecule has 1 aliphatic heterocycles. The monoisotopic (exact) mass is 309 g/mol. The van der Waals surface area contributed by atoms with E-state index in [0.29, 0.717) is 18.9 Å². The number of carbonyl (C=O) groups is 1. The lowest BCUT2D eigenvalue weighted by molar-refractivity contribution is -0.116. The Kier molecular flexibility index (Phi) is 4.62. The molecule has 2 aromatic carbocycles. The number of aryl methyl sites for hydroxylation is 1. The largest absolute Gasteiger partial charge is 0.486 e. The second-order valence-corrected chi connectivity index (χ2v) is 5.49. The van der Waals surface area contributed by atoms with Crippen LogP contribution in [0.15, 0.2) is 54.6 Å². The number of para-hydroxylation sites is 2. The van der Waals surface area contributed by atoms with Crippen molar-refractivity contribution in [2.24, 2.45) is 0 Å². The van der Waals surface area contributed by atoms with Gasteiger partial charge in [-0.15, -0.1) is 0 Å². The van der Waals surface area contributed by atoms with E-state index in [1.807, 2.05) is 55.5 Å². The first-order chi connectivity index (χ1) is 11.2. The fraction of sp³-hybridized carbons (Fsp3) is 0.211. The van der Waals surface area contributed by atoms with Crippen molar-refractivity contribution in [3.63, 3.8) is 0 Å². The highest BCUT2D eigenvalue weighted by Gasteiger charge is 2.20. The molecule has 0 spiro atoms. The van der Waals surface area contributed by atoms with Crippen LogP contribution in [-0.2, 0) is 4.79 Å². The number of hydrogen-bond acceptors (Lipinski definition) is 3. The molecule has 4 nitrogen and oxygen atoms in total. The summed E-state index contributed by atoms with van der Waals surface area (Å²) in [4.78, 5) is 11.9. The lowest BCUT2D eigenvalue weighted by Crippen LogP contribution is -2.40. The van der Waals surface area contributed by atoms with Crippen molar-refractivity contribution in [3.05, 3.63) is 65.7 Å². The molecule has 1 unspecified atom stereocenters. The number of fused-ring (bicyclic) bond motifs is 1. The van der Waals surface area contributed by atoms with Crippen LogP contribution in [0.5, 0.6) is 11.5 Å². The zero-order valence-corrected chi connectivity index (χ0v) is 13.0. The Morgan fingerprint density at radius 3 is 2.87 bits per heavy atom. The molecule has 0 fully saturated rings. The maximum absolute atomic E-state index is 11.9. The summed E-state index contributed by atoms with van der Waals surface area (Å²) in [5, 5.41) is 2.84. The second kappa shape index (κ2) is 7.01. The van der Waals surface area contributed by atoms with Gasteiger partial charge in [0.1, 0.15) is 12.7 Å². The SMILES string of the molecule is Cc1cccc(/C=C/C(=O)NCC2COc3ccccc3O2)c1. The van der Waals surface area contributed by atoms with Crippen LogP contribution in [0.1, 0.15) is 11.1 Å². The maximum Gasteiger partial charge on any atom is 0.244 e. The van der Waals surface area contributed by atoms with Crippen LogP contribution in [0.25, 0.3) is 6.08 Å². The molecule has 1 N–H and O–H groups in total. The number of rotatable bonds is 4. The number of amides is 1. The standard InChI is InChI=1S/C19H19NO3/c1-14-5-4-6-15(11-14)9-10-19(21)20-12-16-13-22-17-7-2-3-8-18(17)23-16/h2-11,16H,12-13H2,1H3,(H,20,21)/b10-9+. The van der Waals surface area contributed by atoms with Crippen LogP contribution in [-0.4, -0.2) is 25.2 Å². The molecule has 3 rings (SSSR count). The van der Waals surface area contributed by atoms with Gasteiger partial charge in [0.15, 0.2) is 11.5 Å². The Bertz CT molecular complexity index is 724. The van der Waals surface area contributed by atoms with E-state index in [0.717, 1.165) is 11.3 Å². The topological polar surface area (TPSA) is 47.6 Å². The van der Waals surface area contributed by atoms with Gasteiger partial charge in [0.05, 0.1) is 6.54 Å². The average molecular weight is 309 g/mol. The van der Waals surface area contributed by atoms with E-state index in [9.17, 15) is 4.79 Å². The van der Waals surface area contributed by atoms with Crippen molar-refractivity contribution in [2.75, 3.05) is 13.2 Å². The highest BCUT2D eigenvalue weighted by molar-refractivity contribution is 5.91. The van der Waals surface area contributed by atoms with Gasteiger partial charge in [0, 0.05) is 6.08 Å². The van der Waals surface area contributed by atoms with Crippen LogP contribution < -0.4 is 14.8 Å². The summed E-state index contributed by atoms with van der Waals surface area (Å²) in [5.74, 6) is 1.32. The van der Waals surface area contributed by atoms with Crippen LogP contribution in [0.4, 0.5) is 0 Å². The van der Waals surface area contributed by atoms with Gasteiger partial charge < -0.3 is 14.8 Å². The molecule has 1 amide bonds. The van der Waals surface area contributed by atoms with Gasteiger partial charge in [0.2, 0.25) is 5.91 Å². The lowest BCUT2D eigenvalue weighted by Gasteiger charge is -2.26. The summed E-state index contributed by atoms with van der Waals surface area (Å²) in [6.07, 6.45) is 3.16. The molecular weight excluding hydrogens is 290 g/mol. The highest BCUT2D eigenvalue weighted by atomic mass is 16.6. The van der Waals surface area contributed by atoms with Crippen LogP contribution in [0.3, 0.4) is 0 Å². The van der Waals surface area contributed by atoms with E-state index in [4.69, 9.17) is 9.47 Å². The van der Waals surface area contributed by atoms with E-state index in [2.05, 4.69) is 5.32 Å². The molecule has 1 heterocycles. The summed E-state index contributed by atoms with van der Waals surface area (Å²) < 4.78 is 11.4. The molecule has 0 aromatic heterocycles. The predicted molar refractivity (Wildman–Crippen MR) is 89.6 cm³/mol. The van der Waals surface area contributed by atoms with E-state index >= 15 is 0 Å². The molecule has 1 atom stereocenters. The van der Waals surface area contributed by atoms with Crippen molar-refractivity contribution in [3.8, 4) is 11.5 Å². The molecular formula is C19H19NO3. The minimum absolute atomic E-state index is 0.144. The smallest absolute Gasteiger partial charge is 0.244 e. The third-order valence-corrected chi connectivity index (χ3v) is 3.54. The quantitative estimate of drug-likeness (QED) is 0.883. The fourth-order valence-corrected chi connectivity index (χ4v) is 2.38. The van der Waals surface area contributed by atoms with E-state index in [1.54, 1.807) is 6.08 Å². The number of ether oxygens (including phenoxy) is 2. The van der Waals surface area contributed by atoms with Crippen molar-refractivity contribution < 1.29 is 14.3 Å². The Balaban J connectivity index is 1.50. The fourth-order valence-electron chi connectivity index (χ4n) is 2.38. The van der Waals surface area contributed by atoms with Crippen molar-refractivity contribution in [2.45, 2.75) is 13.0 Å². The third-order valence-electron chi connectivity index (χ3n) is 3.54. The first-order valence-electron chi connectivity index (χ1n) is 7.62. The zero-order valence-electron chi connectivity index (χ0n) is 13.0.